The van der Waals surface area contributed by atoms with E-state index in [1.165, 1.54) is 12.1 Å². The molecule has 0 amide bonds. The van der Waals surface area contributed by atoms with Crippen molar-refractivity contribution in [3.63, 3.8) is 0 Å². The van der Waals surface area contributed by atoms with Crippen LogP contribution in [0.3, 0.4) is 0 Å². The number of nitrogens with one attached hydrogen (secondary N) is 1. The topological polar surface area (TPSA) is 86.5 Å². The zero-order valence-corrected chi connectivity index (χ0v) is 17.0. The van der Waals surface area contributed by atoms with Crippen LogP contribution in [0.5, 0.6) is 17.2 Å². The van der Waals surface area contributed by atoms with E-state index in [1.54, 1.807) is 48.5 Å². The second-order valence-electron chi connectivity index (χ2n) is 7.05. The number of aromatic amines is 1. The highest BCUT2D eigenvalue weighted by Crippen LogP contribution is 2.32. The molecule has 7 nitrogen and oxygen atoms in total. The molecule has 10 heteroatoms. The fourth-order valence-corrected chi connectivity index (χ4v) is 3.01. The van der Waals surface area contributed by atoms with Gasteiger partial charge in [-0.2, -0.15) is 13.2 Å². The summed E-state index contributed by atoms with van der Waals surface area (Å²) in [6, 6.07) is 18.3. The van der Waals surface area contributed by atoms with Crippen molar-refractivity contribution < 1.29 is 27.2 Å². The molecule has 0 aliphatic rings. The zero-order chi connectivity index (χ0) is 23.4. The van der Waals surface area contributed by atoms with E-state index in [-0.39, 0.29) is 18.9 Å². The Morgan fingerprint density at radius 3 is 2.21 bits per heavy atom. The van der Waals surface area contributed by atoms with E-state index in [0.717, 1.165) is 28.0 Å². The van der Waals surface area contributed by atoms with Gasteiger partial charge in [0.05, 0.1) is 12.1 Å². The molecule has 0 fully saturated rings. The molecule has 0 spiro atoms. The fourth-order valence-electron chi connectivity index (χ4n) is 3.01. The number of ether oxygens (including phenoxy) is 2. The van der Waals surface area contributed by atoms with Crippen LogP contribution in [0, 0.1) is 0 Å². The van der Waals surface area contributed by atoms with Crippen LogP contribution >= 0.6 is 0 Å². The molecule has 3 aromatic carbocycles. The van der Waals surface area contributed by atoms with Gasteiger partial charge >= 0.3 is 17.6 Å². The molecule has 170 valence electrons. The number of rotatable bonds is 7. The monoisotopic (exact) mass is 458 g/mol. The molecule has 4 aromatic rings. The lowest BCUT2D eigenvalue weighted by atomic mass is 10.2. The van der Waals surface area contributed by atoms with Crippen LogP contribution in [-0.4, -0.2) is 9.72 Å². The van der Waals surface area contributed by atoms with E-state index in [0.29, 0.717) is 11.5 Å². The molecule has 0 unspecified atom stereocenters. The van der Waals surface area contributed by atoms with E-state index in [4.69, 9.17) is 14.0 Å². The summed E-state index contributed by atoms with van der Waals surface area (Å²) in [5, 5.41) is 0. The third-order valence-electron chi connectivity index (χ3n) is 4.58. The lowest BCUT2D eigenvalue weighted by Crippen LogP contribution is -2.17. The van der Waals surface area contributed by atoms with Crippen LogP contribution in [0.2, 0.25) is 0 Å². The third-order valence-corrected chi connectivity index (χ3v) is 4.58. The van der Waals surface area contributed by atoms with Crippen molar-refractivity contribution >= 4 is 0 Å². The SMILES string of the molecule is O=c1[nH]c(=O)n(Cc2ccc(OCc3cccc(Oc4cccc(C(F)(F)F)c4)c3)cc2)o1. The van der Waals surface area contributed by atoms with Crippen molar-refractivity contribution in [1.29, 1.82) is 0 Å². The van der Waals surface area contributed by atoms with Gasteiger partial charge < -0.3 is 14.0 Å². The van der Waals surface area contributed by atoms with E-state index in [1.807, 2.05) is 4.98 Å². The summed E-state index contributed by atoms with van der Waals surface area (Å²) >= 11 is 0. The first kappa shape index (κ1) is 22.0. The number of nitrogens with zero attached hydrogens (tertiary/aromatic N) is 1. The maximum Gasteiger partial charge on any atom is 0.440 e. The van der Waals surface area contributed by atoms with Gasteiger partial charge in [0.25, 0.3) is 0 Å². The minimum absolute atomic E-state index is 0.0795. The highest BCUT2D eigenvalue weighted by atomic mass is 19.4. The highest BCUT2D eigenvalue weighted by molar-refractivity contribution is 5.37. The Kier molecular flexibility index (Phi) is 6.07. The zero-order valence-electron chi connectivity index (χ0n) is 17.0. The Morgan fingerprint density at radius 1 is 0.848 bits per heavy atom. The standard InChI is InChI=1S/C23H17F3N2O5/c24-23(25,26)17-4-2-6-20(12-17)32-19-5-1-3-16(11-19)14-31-18-9-7-15(8-10-18)13-28-21(29)27-22(30)33-28/h1-12H,13-14H2,(H,27,29,30). The van der Waals surface area contributed by atoms with Crippen LogP contribution in [0.15, 0.2) is 86.9 Å². The Balaban J connectivity index is 1.37. The molecular formula is C23H17F3N2O5. The quantitative estimate of drug-likeness (QED) is 0.439. The number of hydrogen-bond donors (Lipinski definition) is 1. The minimum Gasteiger partial charge on any atom is -0.489 e. The van der Waals surface area contributed by atoms with Crippen molar-refractivity contribution in [2.24, 2.45) is 0 Å². The van der Waals surface area contributed by atoms with E-state index < -0.39 is 23.2 Å². The van der Waals surface area contributed by atoms with E-state index in [9.17, 15) is 22.8 Å². The van der Waals surface area contributed by atoms with Crippen LogP contribution in [0.1, 0.15) is 16.7 Å². The van der Waals surface area contributed by atoms with Gasteiger partial charge in [-0.25, -0.2) is 14.6 Å². The molecule has 0 saturated carbocycles. The van der Waals surface area contributed by atoms with E-state index >= 15 is 0 Å². The fraction of sp³-hybridized carbons (Fsp3) is 0.130. The normalized spacial score (nSPS) is 11.4. The molecule has 0 aliphatic carbocycles. The number of hydrogen-bond acceptors (Lipinski definition) is 5. The summed E-state index contributed by atoms with van der Waals surface area (Å²) < 4.78 is 55.6. The minimum atomic E-state index is -4.45. The summed E-state index contributed by atoms with van der Waals surface area (Å²) in [5.74, 6) is 0.199. The summed E-state index contributed by atoms with van der Waals surface area (Å²) in [5.41, 5.74) is 0.0619. The Hall–Kier alpha value is -4.21. The third kappa shape index (κ3) is 5.73. The van der Waals surface area contributed by atoms with Gasteiger partial charge in [-0.3, -0.25) is 0 Å². The molecular weight excluding hydrogens is 441 g/mol. The smallest absolute Gasteiger partial charge is 0.440 e. The molecule has 33 heavy (non-hydrogen) atoms. The van der Waals surface area contributed by atoms with Crippen molar-refractivity contribution in [2.45, 2.75) is 19.3 Å². The number of benzene rings is 3. The number of alkyl halides is 3. The van der Waals surface area contributed by atoms with Gasteiger partial charge in [0.15, 0.2) is 0 Å². The van der Waals surface area contributed by atoms with Crippen LogP contribution in [0.25, 0.3) is 0 Å². The van der Waals surface area contributed by atoms with Crippen LogP contribution in [0.4, 0.5) is 13.2 Å². The second kappa shape index (κ2) is 9.11. The van der Waals surface area contributed by atoms with Gasteiger partial charge in [-0.05, 0) is 53.6 Å². The maximum atomic E-state index is 12.9. The maximum absolute atomic E-state index is 12.9. The predicted molar refractivity (Wildman–Crippen MR) is 111 cm³/mol. The molecule has 0 bridgehead atoms. The Bertz CT molecular complexity index is 1350. The molecule has 0 atom stereocenters. The largest absolute Gasteiger partial charge is 0.489 e. The summed E-state index contributed by atoms with van der Waals surface area (Å²) in [6.45, 7) is 0.290. The summed E-state index contributed by atoms with van der Waals surface area (Å²) in [6.07, 6.45) is -4.45. The average molecular weight is 458 g/mol. The number of halogens is 3. The summed E-state index contributed by atoms with van der Waals surface area (Å²) in [4.78, 5) is 24.5. The molecule has 0 radical (unpaired) electrons. The van der Waals surface area contributed by atoms with E-state index in [2.05, 4.69) is 0 Å². The first-order chi connectivity index (χ1) is 15.8. The first-order valence-electron chi connectivity index (χ1n) is 9.72. The lowest BCUT2D eigenvalue weighted by Gasteiger charge is -2.11. The van der Waals surface area contributed by atoms with Crippen LogP contribution < -0.4 is 20.9 Å². The molecule has 1 N–H and O–H groups in total. The van der Waals surface area contributed by atoms with Gasteiger partial charge in [0, 0.05) is 0 Å². The number of H-pyrrole nitrogens is 1. The van der Waals surface area contributed by atoms with Crippen molar-refractivity contribution in [3.8, 4) is 17.2 Å². The molecule has 1 aromatic heterocycles. The lowest BCUT2D eigenvalue weighted by molar-refractivity contribution is -0.137. The first-order valence-corrected chi connectivity index (χ1v) is 9.72. The molecule has 0 saturated heterocycles. The van der Waals surface area contributed by atoms with Gasteiger partial charge in [0.1, 0.15) is 23.9 Å². The van der Waals surface area contributed by atoms with Gasteiger partial charge in [0.2, 0.25) is 0 Å². The Morgan fingerprint density at radius 2 is 1.55 bits per heavy atom. The Labute approximate surface area is 184 Å². The molecule has 0 aliphatic heterocycles. The highest BCUT2D eigenvalue weighted by Gasteiger charge is 2.30. The van der Waals surface area contributed by atoms with Gasteiger partial charge in [-0.1, -0.05) is 30.3 Å². The summed E-state index contributed by atoms with van der Waals surface area (Å²) in [7, 11) is 0. The van der Waals surface area contributed by atoms with Crippen LogP contribution in [-0.2, 0) is 19.3 Å². The van der Waals surface area contributed by atoms with Gasteiger partial charge in [-0.15, -0.1) is 4.74 Å². The number of aromatic nitrogens is 2. The molecule has 1 heterocycles. The van der Waals surface area contributed by atoms with Crippen molar-refractivity contribution in [3.05, 3.63) is 111 Å². The van der Waals surface area contributed by atoms with Crippen molar-refractivity contribution in [2.75, 3.05) is 0 Å². The molecule has 4 rings (SSSR count). The second-order valence-corrected chi connectivity index (χ2v) is 7.05. The average Bonchev–Trinajstić information content (AvgIpc) is 3.09. The van der Waals surface area contributed by atoms with Crippen molar-refractivity contribution in [1.82, 2.24) is 9.72 Å². The predicted octanol–water partition coefficient (Wildman–Crippen LogP) is 4.57.